The summed E-state index contributed by atoms with van der Waals surface area (Å²) < 4.78 is 5.02. The highest BCUT2D eigenvalue weighted by atomic mass is 16.5. The van der Waals surface area contributed by atoms with Crippen LogP contribution in [0, 0.1) is 5.92 Å². The van der Waals surface area contributed by atoms with Gasteiger partial charge in [-0.1, -0.05) is 20.8 Å². The molecule has 6 nitrogen and oxygen atoms in total. The number of nitrogens with one attached hydrogen (secondary N) is 2. The second-order valence-electron chi connectivity index (χ2n) is 8.74. The fourth-order valence-corrected chi connectivity index (χ4v) is 4.23. The minimum absolute atomic E-state index is 0.110. The zero-order valence-electron chi connectivity index (χ0n) is 18.5. The minimum atomic E-state index is -0.320. The van der Waals surface area contributed by atoms with Crippen LogP contribution < -0.4 is 5.32 Å². The van der Waals surface area contributed by atoms with E-state index in [2.05, 4.69) is 41.3 Å². The number of esters is 1. The van der Waals surface area contributed by atoms with Crippen LogP contribution in [-0.4, -0.2) is 48.0 Å². The van der Waals surface area contributed by atoms with Gasteiger partial charge < -0.3 is 19.9 Å². The molecule has 2 N–H and O–H groups in total. The zero-order valence-corrected chi connectivity index (χ0v) is 18.5. The first kappa shape index (κ1) is 22.3. The van der Waals surface area contributed by atoms with E-state index in [9.17, 15) is 9.59 Å². The summed E-state index contributed by atoms with van der Waals surface area (Å²) in [6.07, 6.45) is 5.48. The van der Waals surface area contributed by atoms with Crippen molar-refractivity contribution in [2.75, 3.05) is 31.6 Å². The number of ether oxygens (including phenoxy) is 1. The highest BCUT2D eigenvalue weighted by molar-refractivity contribution is 5.95. The predicted octanol–water partition coefficient (Wildman–Crippen LogP) is 4.68. The fraction of sp³-hybridized carbons (Fsp3) is 0.583. The number of amides is 1. The molecule has 1 fully saturated rings. The van der Waals surface area contributed by atoms with Gasteiger partial charge in [-0.2, -0.15) is 0 Å². The van der Waals surface area contributed by atoms with Crippen LogP contribution in [-0.2, 0) is 14.3 Å². The Morgan fingerprint density at radius 1 is 1.23 bits per heavy atom. The molecule has 1 aliphatic rings. The van der Waals surface area contributed by atoms with Gasteiger partial charge in [0, 0.05) is 35.8 Å². The lowest BCUT2D eigenvalue weighted by atomic mass is 9.89. The SMILES string of the molecule is CCCOC(=O)CCC(=O)Nc1ccc2[nH]cc(C3CCN(CC(C)C)CC3)c2c1. The van der Waals surface area contributed by atoms with Crippen LogP contribution in [0.25, 0.3) is 10.9 Å². The number of hydrogen-bond donors (Lipinski definition) is 2. The number of likely N-dealkylation sites (tertiary alicyclic amines) is 1. The van der Waals surface area contributed by atoms with Crippen LogP contribution in [0.4, 0.5) is 5.69 Å². The summed E-state index contributed by atoms with van der Waals surface area (Å²) in [6, 6.07) is 5.97. The first-order chi connectivity index (χ1) is 14.5. The number of aromatic nitrogens is 1. The highest BCUT2D eigenvalue weighted by Gasteiger charge is 2.23. The summed E-state index contributed by atoms with van der Waals surface area (Å²) in [5.74, 6) is 0.761. The van der Waals surface area contributed by atoms with Crippen molar-refractivity contribution in [3.05, 3.63) is 30.0 Å². The molecule has 164 valence electrons. The molecule has 2 aromatic rings. The maximum atomic E-state index is 12.2. The van der Waals surface area contributed by atoms with E-state index in [0.29, 0.717) is 18.4 Å². The second kappa shape index (κ2) is 10.6. The van der Waals surface area contributed by atoms with Gasteiger partial charge in [0.05, 0.1) is 13.0 Å². The summed E-state index contributed by atoms with van der Waals surface area (Å²) >= 11 is 0. The molecular weight excluding hydrogens is 378 g/mol. The first-order valence-corrected chi connectivity index (χ1v) is 11.2. The van der Waals surface area contributed by atoms with Crippen molar-refractivity contribution in [1.29, 1.82) is 0 Å². The Morgan fingerprint density at radius 3 is 2.70 bits per heavy atom. The van der Waals surface area contributed by atoms with Crippen molar-refractivity contribution in [2.24, 2.45) is 5.92 Å². The van der Waals surface area contributed by atoms with Crippen LogP contribution in [0.3, 0.4) is 0 Å². The summed E-state index contributed by atoms with van der Waals surface area (Å²) in [6.45, 7) is 10.3. The summed E-state index contributed by atoms with van der Waals surface area (Å²) in [4.78, 5) is 29.8. The maximum Gasteiger partial charge on any atom is 0.306 e. The maximum absolute atomic E-state index is 12.2. The van der Waals surface area contributed by atoms with Gasteiger partial charge in [-0.25, -0.2) is 0 Å². The fourth-order valence-electron chi connectivity index (χ4n) is 4.23. The minimum Gasteiger partial charge on any atom is -0.466 e. The van der Waals surface area contributed by atoms with Gasteiger partial charge in [-0.05, 0) is 68.0 Å². The largest absolute Gasteiger partial charge is 0.466 e. The number of rotatable bonds is 9. The number of fused-ring (bicyclic) bond motifs is 1. The Bertz CT molecular complexity index is 850. The molecule has 0 radical (unpaired) electrons. The van der Waals surface area contributed by atoms with Crippen molar-refractivity contribution in [2.45, 2.75) is 58.8 Å². The molecule has 1 aliphatic heterocycles. The standard InChI is InChI=1S/C24H35N3O3/c1-4-13-30-24(29)8-7-23(28)26-19-5-6-22-20(14-19)21(15-25-22)18-9-11-27(12-10-18)16-17(2)3/h5-6,14-15,17-18,25H,4,7-13,16H2,1-3H3,(H,26,28). The van der Waals surface area contributed by atoms with Gasteiger partial charge in [0.25, 0.3) is 0 Å². The van der Waals surface area contributed by atoms with Gasteiger partial charge >= 0.3 is 5.97 Å². The molecule has 0 bridgehead atoms. The number of anilines is 1. The van der Waals surface area contributed by atoms with E-state index < -0.39 is 0 Å². The summed E-state index contributed by atoms with van der Waals surface area (Å²) in [7, 11) is 0. The van der Waals surface area contributed by atoms with Gasteiger partial charge in [0.1, 0.15) is 0 Å². The number of nitrogens with zero attached hydrogens (tertiary/aromatic N) is 1. The molecule has 1 aromatic heterocycles. The molecule has 2 heterocycles. The topological polar surface area (TPSA) is 74.4 Å². The van der Waals surface area contributed by atoms with Gasteiger partial charge in [0.15, 0.2) is 0 Å². The Kier molecular flexibility index (Phi) is 7.91. The van der Waals surface area contributed by atoms with E-state index in [1.165, 1.54) is 17.5 Å². The third-order valence-corrected chi connectivity index (χ3v) is 5.67. The van der Waals surface area contributed by atoms with E-state index in [4.69, 9.17) is 4.74 Å². The van der Waals surface area contributed by atoms with Crippen molar-refractivity contribution >= 4 is 28.5 Å². The lowest BCUT2D eigenvalue weighted by molar-refractivity contribution is -0.144. The molecule has 3 rings (SSSR count). The number of piperidine rings is 1. The molecule has 0 saturated carbocycles. The van der Waals surface area contributed by atoms with Crippen molar-refractivity contribution in [3.8, 4) is 0 Å². The van der Waals surface area contributed by atoms with E-state index in [-0.39, 0.29) is 24.7 Å². The van der Waals surface area contributed by atoms with E-state index in [1.807, 2.05) is 19.1 Å². The third-order valence-electron chi connectivity index (χ3n) is 5.67. The van der Waals surface area contributed by atoms with Gasteiger partial charge in [-0.15, -0.1) is 0 Å². The molecule has 0 aliphatic carbocycles. The summed E-state index contributed by atoms with van der Waals surface area (Å²) in [5.41, 5.74) is 3.21. The molecule has 1 saturated heterocycles. The number of H-pyrrole nitrogens is 1. The molecular formula is C24H35N3O3. The smallest absolute Gasteiger partial charge is 0.306 e. The number of benzene rings is 1. The lowest BCUT2D eigenvalue weighted by Gasteiger charge is -2.33. The van der Waals surface area contributed by atoms with Gasteiger partial charge in [0.2, 0.25) is 5.91 Å². The Hall–Kier alpha value is -2.34. The molecule has 30 heavy (non-hydrogen) atoms. The number of carbonyl (C=O) groups is 2. The number of hydrogen-bond acceptors (Lipinski definition) is 4. The van der Waals surface area contributed by atoms with Crippen LogP contribution in [0.5, 0.6) is 0 Å². The van der Waals surface area contributed by atoms with Gasteiger partial charge in [-0.3, -0.25) is 9.59 Å². The Balaban J connectivity index is 1.60. The Morgan fingerprint density at radius 2 is 2.00 bits per heavy atom. The second-order valence-corrected chi connectivity index (χ2v) is 8.74. The monoisotopic (exact) mass is 413 g/mol. The van der Waals surface area contributed by atoms with Crippen LogP contribution >= 0.6 is 0 Å². The van der Waals surface area contributed by atoms with Crippen molar-refractivity contribution in [1.82, 2.24) is 9.88 Å². The lowest BCUT2D eigenvalue weighted by Crippen LogP contribution is -2.35. The van der Waals surface area contributed by atoms with Crippen molar-refractivity contribution in [3.63, 3.8) is 0 Å². The molecule has 1 aromatic carbocycles. The molecule has 0 unspecified atom stereocenters. The molecule has 0 spiro atoms. The van der Waals surface area contributed by atoms with E-state index in [1.54, 1.807) is 0 Å². The Labute approximate surface area is 179 Å². The van der Waals surface area contributed by atoms with Crippen LogP contribution in [0.2, 0.25) is 0 Å². The van der Waals surface area contributed by atoms with Crippen LogP contribution in [0.1, 0.15) is 64.4 Å². The van der Waals surface area contributed by atoms with Crippen LogP contribution in [0.15, 0.2) is 24.4 Å². The van der Waals surface area contributed by atoms with Crippen molar-refractivity contribution < 1.29 is 14.3 Å². The third kappa shape index (κ3) is 6.08. The van der Waals surface area contributed by atoms with E-state index >= 15 is 0 Å². The summed E-state index contributed by atoms with van der Waals surface area (Å²) in [5, 5.41) is 4.10. The highest BCUT2D eigenvalue weighted by Crippen LogP contribution is 2.34. The first-order valence-electron chi connectivity index (χ1n) is 11.2. The average Bonchev–Trinajstić information content (AvgIpc) is 3.14. The number of aromatic amines is 1. The number of carbonyl (C=O) groups excluding carboxylic acids is 2. The normalized spacial score (nSPS) is 15.6. The average molecular weight is 414 g/mol. The van der Waals surface area contributed by atoms with E-state index in [0.717, 1.165) is 43.6 Å². The zero-order chi connectivity index (χ0) is 21.5. The molecule has 1 amide bonds. The molecule has 0 atom stereocenters. The quantitative estimate of drug-likeness (QED) is 0.586. The predicted molar refractivity (Wildman–Crippen MR) is 121 cm³/mol. The molecule has 6 heteroatoms.